The normalized spacial score (nSPS) is 12.0. The molecule has 0 radical (unpaired) electrons. The van der Waals surface area contributed by atoms with E-state index < -0.39 is 16.2 Å². The van der Waals surface area contributed by atoms with Crippen LogP contribution in [0.5, 0.6) is 5.75 Å². The molecule has 2 aromatic carbocycles. The first-order valence-corrected chi connectivity index (χ1v) is 10.9. The Hall–Kier alpha value is -3.50. The van der Waals surface area contributed by atoms with E-state index in [1.807, 2.05) is 0 Å². The van der Waals surface area contributed by atoms with Gasteiger partial charge in [-0.2, -0.15) is 12.7 Å². The molecule has 9 nitrogen and oxygen atoms in total. The topological polar surface area (TPSA) is 115 Å². The van der Waals surface area contributed by atoms with E-state index in [1.165, 1.54) is 20.2 Å². The molecule has 160 valence electrons. The van der Waals surface area contributed by atoms with Crippen LogP contribution in [0.25, 0.3) is 33.5 Å². The Bertz CT molecular complexity index is 1430. The average molecular weight is 440 g/mol. The van der Waals surface area contributed by atoms with Gasteiger partial charge in [0.05, 0.1) is 23.2 Å². The van der Waals surface area contributed by atoms with Gasteiger partial charge in [0.25, 0.3) is 0 Å². The standard InChI is InChI=1S/C21H20N4O5S/c1-4-30-17-11-7-10-16-19(17)23-20(25(16)31(28,29)24(2)3)18-14(21(26)27)12-13-8-5-6-9-15(13)22-18/h5-12H,4H2,1-3H3,(H,26,27). The molecule has 0 fully saturated rings. The van der Waals surface area contributed by atoms with Crippen LogP contribution in [0.1, 0.15) is 17.3 Å². The Labute approximate surface area is 178 Å². The number of aromatic carboxylic acids is 1. The summed E-state index contributed by atoms with van der Waals surface area (Å²) in [7, 11) is -1.28. The van der Waals surface area contributed by atoms with Crippen LogP contribution in [-0.4, -0.2) is 58.4 Å². The van der Waals surface area contributed by atoms with Crippen LogP contribution in [0.3, 0.4) is 0 Å². The molecular weight excluding hydrogens is 420 g/mol. The molecule has 4 rings (SSSR count). The van der Waals surface area contributed by atoms with Crippen molar-refractivity contribution in [1.29, 1.82) is 0 Å². The highest BCUT2D eigenvalue weighted by molar-refractivity contribution is 7.87. The SMILES string of the molecule is CCOc1cccc2c1nc(-c1nc3ccccc3cc1C(=O)O)n2S(=O)(=O)N(C)C. The van der Waals surface area contributed by atoms with Crippen molar-refractivity contribution >= 4 is 38.1 Å². The van der Waals surface area contributed by atoms with Crippen molar-refractivity contribution in [3.05, 3.63) is 54.1 Å². The van der Waals surface area contributed by atoms with Crippen LogP contribution in [-0.2, 0) is 10.2 Å². The summed E-state index contributed by atoms with van der Waals surface area (Å²) in [5.41, 5.74) is 0.892. The summed E-state index contributed by atoms with van der Waals surface area (Å²) in [6.07, 6.45) is 0. The number of carboxylic acid groups (broad SMARTS) is 1. The van der Waals surface area contributed by atoms with Gasteiger partial charge >= 0.3 is 16.2 Å². The fourth-order valence-corrected chi connectivity index (χ4v) is 4.39. The molecule has 0 saturated carbocycles. The van der Waals surface area contributed by atoms with E-state index in [4.69, 9.17) is 4.74 Å². The first kappa shape index (κ1) is 20.8. The van der Waals surface area contributed by atoms with Crippen molar-refractivity contribution in [3.8, 4) is 17.3 Å². The predicted molar refractivity (Wildman–Crippen MR) is 117 cm³/mol. The third kappa shape index (κ3) is 3.39. The van der Waals surface area contributed by atoms with E-state index in [-0.39, 0.29) is 22.6 Å². The van der Waals surface area contributed by atoms with Gasteiger partial charge < -0.3 is 9.84 Å². The number of para-hydroxylation sites is 2. The van der Waals surface area contributed by atoms with E-state index in [0.717, 1.165) is 8.28 Å². The molecule has 0 aliphatic carbocycles. The van der Waals surface area contributed by atoms with Crippen molar-refractivity contribution in [1.82, 2.24) is 18.2 Å². The molecule has 0 bridgehead atoms. The van der Waals surface area contributed by atoms with Crippen LogP contribution < -0.4 is 4.74 Å². The Morgan fingerprint density at radius 3 is 2.55 bits per heavy atom. The minimum absolute atomic E-state index is 0.0460. The van der Waals surface area contributed by atoms with Crippen molar-refractivity contribution in [3.63, 3.8) is 0 Å². The number of aromatic nitrogens is 3. The lowest BCUT2D eigenvalue weighted by Gasteiger charge is -2.16. The van der Waals surface area contributed by atoms with Gasteiger partial charge in [-0.3, -0.25) is 0 Å². The monoisotopic (exact) mass is 440 g/mol. The van der Waals surface area contributed by atoms with Gasteiger partial charge in [-0.15, -0.1) is 0 Å². The van der Waals surface area contributed by atoms with Gasteiger partial charge in [-0.25, -0.2) is 18.7 Å². The number of fused-ring (bicyclic) bond motifs is 2. The highest BCUT2D eigenvalue weighted by Gasteiger charge is 2.30. The third-order valence-electron chi connectivity index (χ3n) is 4.76. The van der Waals surface area contributed by atoms with Crippen LogP contribution in [0.15, 0.2) is 48.5 Å². The number of ether oxygens (including phenoxy) is 1. The van der Waals surface area contributed by atoms with Crippen molar-refractivity contribution in [2.24, 2.45) is 0 Å². The van der Waals surface area contributed by atoms with Gasteiger partial charge in [0, 0.05) is 19.5 Å². The first-order valence-electron chi connectivity index (χ1n) is 9.46. The first-order chi connectivity index (χ1) is 14.8. The lowest BCUT2D eigenvalue weighted by Crippen LogP contribution is -2.29. The maximum absolute atomic E-state index is 13.2. The van der Waals surface area contributed by atoms with Crippen molar-refractivity contribution in [2.45, 2.75) is 6.92 Å². The highest BCUT2D eigenvalue weighted by atomic mass is 32.2. The second-order valence-corrected chi connectivity index (χ2v) is 8.92. The number of benzene rings is 2. The lowest BCUT2D eigenvalue weighted by atomic mass is 10.1. The summed E-state index contributed by atoms with van der Waals surface area (Å²) in [6, 6.07) is 13.4. The Morgan fingerprint density at radius 1 is 1.13 bits per heavy atom. The van der Waals surface area contributed by atoms with Gasteiger partial charge in [-0.1, -0.05) is 24.3 Å². The van der Waals surface area contributed by atoms with E-state index in [9.17, 15) is 18.3 Å². The molecule has 10 heteroatoms. The molecule has 0 spiro atoms. The Balaban J connectivity index is 2.17. The van der Waals surface area contributed by atoms with Gasteiger partial charge in [-0.05, 0) is 31.2 Å². The van der Waals surface area contributed by atoms with E-state index in [0.29, 0.717) is 28.8 Å². The smallest absolute Gasteiger partial charge is 0.338 e. The summed E-state index contributed by atoms with van der Waals surface area (Å²) in [5.74, 6) is -0.940. The van der Waals surface area contributed by atoms with Crippen molar-refractivity contribution in [2.75, 3.05) is 20.7 Å². The third-order valence-corrected chi connectivity index (χ3v) is 6.52. The van der Waals surface area contributed by atoms with Crippen LogP contribution >= 0.6 is 0 Å². The molecule has 0 aliphatic rings. The minimum atomic E-state index is -4.07. The quantitative estimate of drug-likeness (QED) is 0.490. The summed E-state index contributed by atoms with van der Waals surface area (Å²) in [6.45, 7) is 2.16. The summed E-state index contributed by atoms with van der Waals surface area (Å²) >= 11 is 0. The minimum Gasteiger partial charge on any atom is -0.492 e. The number of nitrogens with zero attached hydrogens (tertiary/aromatic N) is 4. The van der Waals surface area contributed by atoms with Crippen LogP contribution in [0, 0.1) is 0 Å². The molecule has 31 heavy (non-hydrogen) atoms. The predicted octanol–water partition coefficient (Wildman–Crippen LogP) is 3.00. The van der Waals surface area contributed by atoms with Crippen molar-refractivity contribution < 1.29 is 23.1 Å². The number of hydrogen-bond donors (Lipinski definition) is 1. The number of carbonyl (C=O) groups is 1. The van der Waals surface area contributed by atoms with E-state index in [1.54, 1.807) is 49.4 Å². The number of pyridine rings is 1. The molecule has 0 aliphatic heterocycles. The summed E-state index contributed by atoms with van der Waals surface area (Å²) in [5, 5.41) is 10.5. The molecular formula is C21H20N4O5S. The fraction of sp³-hybridized carbons (Fsp3) is 0.190. The maximum atomic E-state index is 13.2. The molecule has 0 unspecified atom stereocenters. The number of hydrogen-bond acceptors (Lipinski definition) is 6. The molecule has 2 aromatic heterocycles. The zero-order chi connectivity index (χ0) is 22.3. The molecule has 4 aromatic rings. The maximum Gasteiger partial charge on any atom is 0.338 e. The van der Waals surface area contributed by atoms with Gasteiger partial charge in [0.2, 0.25) is 0 Å². The molecule has 1 N–H and O–H groups in total. The zero-order valence-corrected chi connectivity index (χ0v) is 17.9. The van der Waals surface area contributed by atoms with Gasteiger partial charge in [0.1, 0.15) is 17.0 Å². The number of rotatable bonds is 6. The van der Waals surface area contributed by atoms with Crippen LogP contribution in [0.4, 0.5) is 0 Å². The largest absolute Gasteiger partial charge is 0.492 e. The van der Waals surface area contributed by atoms with Crippen LogP contribution in [0.2, 0.25) is 0 Å². The highest BCUT2D eigenvalue weighted by Crippen LogP contribution is 2.34. The summed E-state index contributed by atoms with van der Waals surface area (Å²) in [4.78, 5) is 21.0. The summed E-state index contributed by atoms with van der Waals surface area (Å²) < 4.78 is 34.2. The molecule has 0 amide bonds. The van der Waals surface area contributed by atoms with E-state index in [2.05, 4.69) is 9.97 Å². The molecule has 0 saturated heterocycles. The second-order valence-electron chi connectivity index (χ2n) is 6.93. The molecule has 0 atom stereocenters. The number of carboxylic acids is 1. The second kappa shape index (κ2) is 7.64. The van der Waals surface area contributed by atoms with E-state index >= 15 is 0 Å². The zero-order valence-electron chi connectivity index (χ0n) is 17.1. The average Bonchev–Trinajstić information content (AvgIpc) is 3.14. The van der Waals surface area contributed by atoms with Gasteiger partial charge in [0.15, 0.2) is 5.82 Å². The lowest BCUT2D eigenvalue weighted by molar-refractivity contribution is 0.0697. The fourth-order valence-electron chi connectivity index (χ4n) is 3.32. The molecule has 2 heterocycles. The Morgan fingerprint density at radius 2 is 1.87 bits per heavy atom. The Kier molecular flexibility index (Phi) is 5.11. The number of imidazole rings is 1.